The van der Waals surface area contributed by atoms with Gasteiger partial charge >= 0.3 is 0 Å². The minimum absolute atomic E-state index is 0.130. The number of rotatable bonds is 5. The topological polar surface area (TPSA) is 91.8 Å². The Morgan fingerprint density at radius 3 is 2.58 bits per heavy atom. The highest BCUT2D eigenvalue weighted by molar-refractivity contribution is 6.31. The van der Waals surface area contributed by atoms with Gasteiger partial charge < -0.3 is 16.0 Å². The Balaban J connectivity index is 1.75. The Morgan fingerprint density at radius 1 is 1.04 bits per heavy atom. The lowest BCUT2D eigenvalue weighted by Crippen LogP contribution is -2.06. The van der Waals surface area contributed by atoms with Gasteiger partial charge in [0.05, 0.1) is 6.20 Å². The zero-order valence-corrected chi connectivity index (χ0v) is 15.0. The number of benzene rings is 2. The van der Waals surface area contributed by atoms with Crippen LogP contribution in [0.5, 0.6) is 0 Å². The highest BCUT2D eigenvalue weighted by Gasteiger charge is 2.04. The first-order valence-electron chi connectivity index (χ1n) is 7.87. The van der Waals surface area contributed by atoms with Gasteiger partial charge in [-0.25, -0.2) is 0 Å². The molecule has 0 aliphatic heterocycles. The second kappa shape index (κ2) is 7.79. The van der Waals surface area contributed by atoms with Crippen LogP contribution in [-0.4, -0.2) is 21.1 Å². The smallest absolute Gasteiger partial charge is 0.249 e. The number of hydrogen-bond acceptors (Lipinski definition) is 6. The fraction of sp³-hybridized carbons (Fsp3) is 0.111. The molecule has 0 atom stereocenters. The summed E-state index contributed by atoms with van der Waals surface area (Å²) in [6.45, 7) is 3.40. The van der Waals surface area contributed by atoms with Crippen LogP contribution in [0.25, 0.3) is 0 Å². The third kappa shape index (κ3) is 4.67. The Bertz CT molecular complexity index is 946. The lowest BCUT2D eigenvalue weighted by atomic mass is 10.2. The van der Waals surface area contributed by atoms with E-state index in [1.165, 1.54) is 13.1 Å². The van der Waals surface area contributed by atoms with Crippen LogP contribution in [0, 0.1) is 6.92 Å². The summed E-state index contributed by atoms with van der Waals surface area (Å²) >= 11 is 6.13. The van der Waals surface area contributed by atoms with Gasteiger partial charge in [-0.15, -0.1) is 5.10 Å². The summed E-state index contributed by atoms with van der Waals surface area (Å²) in [6.07, 6.45) is 1.51. The normalized spacial score (nSPS) is 10.3. The van der Waals surface area contributed by atoms with Crippen LogP contribution >= 0.6 is 11.6 Å². The summed E-state index contributed by atoms with van der Waals surface area (Å²) in [4.78, 5) is 15.5. The molecular formula is C18H17ClN6O. The van der Waals surface area contributed by atoms with E-state index in [0.717, 1.165) is 16.9 Å². The molecule has 0 saturated carbocycles. The first kappa shape index (κ1) is 17.6. The Labute approximate surface area is 155 Å². The third-order valence-corrected chi connectivity index (χ3v) is 3.85. The van der Waals surface area contributed by atoms with Crippen molar-refractivity contribution in [2.45, 2.75) is 13.8 Å². The van der Waals surface area contributed by atoms with Gasteiger partial charge in [-0.05, 0) is 42.8 Å². The predicted molar refractivity (Wildman–Crippen MR) is 103 cm³/mol. The molecule has 8 heteroatoms. The maximum atomic E-state index is 11.2. The number of nitrogens with zero attached hydrogens (tertiary/aromatic N) is 3. The molecule has 26 heavy (non-hydrogen) atoms. The van der Waals surface area contributed by atoms with Gasteiger partial charge in [0, 0.05) is 29.0 Å². The number of carbonyl (C=O) groups excluding carboxylic acids is 1. The number of carbonyl (C=O) groups is 1. The van der Waals surface area contributed by atoms with Crippen LogP contribution < -0.4 is 16.0 Å². The molecule has 1 aromatic heterocycles. The molecule has 0 radical (unpaired) electrons. The molecule has 0 fully saturated rings. The van der Waals surface area contributed by atoms with Crippen LogP contribution in [0.2, 0.25) is 5.02 Å². The second-order valence-corrected chi connectivity index (χ2v) is 6.05. The van der Waals surface area contributed by atoms with Gasteiger partial charge in [0.25, 0.3) is 0 Å². The molecule has 0 aliphatic rings. The standard InChI is InChI=1S/C18H17ClN6O/c1-11-6-7-15(9-16(11)19)23-18-24-17(10-20-25-18)22-14-5-3-4-13(8-14)21-12(2)26/h3-10H,1-2H3,(H,21,26)(H2,22,23,24,25). The first-order valence-corrected chi connectivity index (χ1v) is 8.25. The average molecular weight is 369 g/mol. The van der Waals surface area contributed by atoms with Gasteiger partial charge in [-0.1, -0.05) is 23.7 Å². The van der Waals surface area contributed by atoms with Crippen LogP contribution in [0.15, 0.2) is 48.7 Å². The minimum atomic E-state index is -0.130. The molecule has 0 saturated heterocycles. The van der Waals surface area contributed by atoms with Gasteiger partial charge in [0.1, 0.15) is 0 Å². The molecule has 0 aliphatic carbocycles. The molecule has 1 heterocycles. The quantitative estimate of drug-likeness (QED) is 0.622. The van der Waals surface area contributed by atoms with Crippen LogP contribution in [0.1, 0.15) is 12.5 Å². The molecule has 0 unspecified atom stereocenters. The van der Waals surface area contributed by atoms with E-state index in [-0.39, 0.29) is 5.91 Å². The van der Waals surface area contributed by atoms with E-state index in [4.69, 9.17) is 11.6 Å². The molecular weight excluding hydrogens is 352 g/mol. The molecule has 2 aromatic carbocycles. The van der Waals surface area contributed by atoms with Crippen molar-refractivity contribution in [1.82, 2.24) is 15.2 Å². The number of nitrogens with one attached hydrogen (secondary N) is 3. The van der Waals surface area contributed by atoms with Crippen molar-refractivity contribution in [1.29, 1.82) is 0 Å². The van der Waals surface area contributed by atoms with E-state index in [1.54, 1.807) is 18.2 Å². The number of anilines is 5. The summed E-state index contributed by atoms with van der Waals surface area (Å²) in [5.41, 5.74) is 3.22. The summed E-state index contributed by atoms with van der Waals surface area (Å²) < 4.78 is 0. The number of hydrogen-bond donors (Lipinski definition) is 3. The minimum Gasteiger partial charge on any atom is -0.339 e. The van der Waals surface area contributed by atoms with E-state index in [9.17, 15) is 4.79 Å². The van der Waals surface area contributed by atoms with E-state index in [1.807, 2.05) is 31.2 Å². The SMILES string of the molecule is CC(=O)Nc1cccc(Nc2cnnc(Nc3ccc(C)c(Cl)c3)n2)c1. The zero-order chi connectivity index (χ0) is 18.5. The van der Waals surface area contributed by atoms with E-state index in [0.29, 0.717) is 22.5 Å². The second-order valence-electron chi connectivity index (χ2n) is 5.64. The number of halogens is 1. The zero-order valence-electron chi connectivity index (χ0n) is 14.2. The van der Waals surface area contributed by atoms with Gasteiger partial charge in [-0.2, -0.15) is 10.1 Å². The van der Waals surface area contributed by atoms with Crippen molar-refractivity contribution in [2.75, 3.05) is 16.0 Å². The molecule has 3 rings (SSSR count). The fourth-order valence-corrected chi connectivity index (χ4v) is 2.42. The molecule has 132 valence electrons. The summed E-state index contributed by atoms with van der Waals surface area (Å²) in [5.74, 6) is 0.725. The van der Waals surface area contributed by atoms with E-state index >= 15 is 0 Å². The molecule has 3 N–H and O–H groups in total. The lowest BCUT2D eigenvalue weighted by molar-refractivity contribution is -0.114. The van der Waals surface area contributed by atoms with Crippen LogP contribution in [0.3, 0.4) is 0 Å². The van der Waals surface area contributed by atoms with Crippen LogP contribution in [0.4, 0.5) is 28.8 Å². The molecule has 1 amide bonds. The van der Waals surface area contributed by atoms with Crippen molar-refractivity contribution in [3.8, 4) is 0 Å². The lowest BCUT2D eigenvalue weighted by Gasteiger charge is -2.09. The fourth-order valence-electron chi connectivity index (χ4n) is 2.24. The largest absolute Gasteiger partial charge is 0.339 e. The summed E-state index contributed by atoms with van der Waals surface area (Å²) in [5, 5.41) is 17.5. The monoisotopic (exact) mass is 368 g/mol. The Hall–Kier alpha value is -3.19. The van der Waals surface area contributed by atoms with Crippen LogP contribution in [-0.2, 0) is 4.79 Å². The Morgan fingerprint density at radius 2 is 1.81 bits per heavy atom. The van der Waals surface area contributed by atoms with Crippen molar-refractivity contribution in [2.24, 2.45) is 0 Å². The molecule has 3 aromatic rings. The Kier molecular flexibility index (Phi) is 5.28. The number of aryl methyl sites for hydroxylation is 1. The number of aromatic nitrogens is 3. The molecule has 0 bridgehead atoms. The maximum Gasteiger partial charge on any atom is 0.249 e. The van der Waals surface area contributed by atoms with Crippen molar-refractivity contribution >= 4 is 46.3 Å². The third-order valence-electron chi connectivity index (χ3n) is 3.44. The first-order chi connectivity index (χ1) is 12.5. The summed E-state index contributed by atoms with van der Waals surface area (Å²) in [7, 11) is 0. The molecule has 7 nitrogen and oxygen atoms in total. The predicted octanol–water partition coefficient (Wildman–Crippen LogP) is 4.28. The van der Waals surface area contributed by atoms with Gasteiger partial charge in [-0.3, -0.25) is 4.79 Å². The van der Waals surface area contributed by atoms with Crippen molar-refractivity contribution in [3.05, 3.63) is 59.2 Å². The number of amides is 1. The average Bonchev–Trinajstić information content (AvgIpc) is 2.58. The van der Waals surface area contributed by atoms with E-state index in [2.05, 4.69) is 31.1 Å². The highest BCUT2D eigenvalue weighted by Crippen LogP contribution is 2.23. The van der Waals surface area contributed by atoms with Crippen molar-refractivity contribution in [3.63, 3.8) is 0 Å². The van der Waals surface area contributed by atoms with E-state index < -0.39 is 0 Å². The van der Waals surface area contributed by atoms with Crippen molar-refractivity contribution < 1.29 is 4.79 Å². The maximum absolute atomic E-state index is 11.2. The molecule has 0 spiro atoms. The highest BCUT2D eigenvalue weighted by atomic mass is 35.5. The summed E-state index contributed by atoms with van der Waals surface area (Å²) in [6, 6.07) is 12.9. The van der Waals surface area contributed by atoms with Gasteiger partial charge in [0.15, 0.2) is 5.82 Å². The van der Waals surface area contributed by atoms with Gasteiger partial charge in [0.2, 0.25) is 11.9 Å².